The van der Waals surface area contributed by atoms with E-state index in [0.29, 0.717) is 0 Å². The molecule has 0 bridgehead atoms. The van der Waals surface area contributed by atoms with Crippen molar-refractivity contribution in [2.75, 3.05) is 5.32 Å². The van der Waals surface area contributed by atoms with E-state index >= 15 is 0 Å². The molecule has 0 aliphatic carbocycles. The molecule has 3 aromatic rings. The Morgan fingerprint density at radius 2 is 1.88 bits per heavy atom. The number of aryl methyl sites for hydroxylation is 2. The Hall–Kier alpha value is -2.33. The molecule has 1 aromatic carbocycles. The molecule has 0 spiro atoms. The quantitative estimate of drug-likeness (QED) is 0.615. The fraction of sp³-hybridized carbons (Fsp3) is 0.211. The lowest BCUT2D eigenvalue weighted by atomic mass is 10.1. The van der Waals surface area contributed by atoms with Gasteiger partial charge in [-0.15, -0.1) is 12.4 Å². The van der Waals surface area contributed by atoms with Crippen LogP contribution in [0.2, 0.25) is 0 Å². The zero-order valence-corrected chi connectivity index (χ0v) is 14.7. The van der Waals surface area contributed by atoms with Crippen LogP contribution in [-0.2, 0) is 0 Å². The molecule has 5 heteroatoms. The predicted octanol–water partition coefficient (Wildman–Crippen LogP) is 5.47. The summed E-state index contributed by atoms with van der Waals surface area (Å²) in [6.07, 6.45) is 5.88. The minimum Gasteiger partial charge on any atom is -0.373 e. The summed E-state index contributed by atoms with van der Waals surface area (Å²) in [5.41, 5.74) is 5.22. The summed E-state index contributed by atoms with van der Waals surface area (Å²) in [5, 5.41) is 4.59. The summed E-state index contributed by atoms with van der Waals surface area (Å²) in [4.78, 5) is 8.01. The maximum absolute atomic E-state index is 13.1. The van der Waals surface area contributed by atoms with Crippen LogP contribution in [0.4, 0.5) is 10.1 Å². The van der Waals surface area contributed by atoms with Gasteiger partial charge >= 0.3 is 0 Å². The van der Waals surface area contributed by atoms with E-state index in [1.807, 2.05) is 25.3 Å². The number of nitrogens with zero attached hydrogens (tertiary/aromatic N) is 1. The Balaban J connectivity index is 0.00000208. The molecule has 0 amide bonds. The van der Waals surface area contributed by atoms with Crippen molar-refractivity contribution < 1.29 is 4.39 Å². The second kappa shape index (κ2) is 7.49. The summed E-state index contributed by atoms with van der Waals surface area (Å²) in [6, 6.07) is 8.31. The summed E-state index contributed by atoms with van der Waals surface area (Å²) < 4.78 is 13.1. The van der Waals surface area contributed by atoms with Crippen LogP contribution in [0.5, 0.6) is 0 Å². The van der Waals surface area contributed by atoms with Gasteiger partial charge in [0, 0.05) is 23.0 Å². The highest BCUT2D eigenvalue weighted by Crippen LogP contribution is 2.29. The molecule has 1 atom stereocenters. The molecule has 2 heterocycles. The number of hydrogen-bond donors (Lipinski definition) is 2. The molecular weight excluding hydrogens is 325 g/mol. The highest BCUT2D eigenvalue weighted by molar-refractivity contribution is 5.86. The molecule has 0 saturated carbocycles. The molecule has 3 nitrogen and oxygen atoms in total. The predicted molar refractivity (Wildman–Crippen MR) is 100 cm³/mol. The Bertz CT molecular complexity index is 853. The smallest absolute Gasteiger partial charge is 0.123 e. The first kappa shape index (κ1) is 18.0. The number of allylic oxidation sites excluding steroid dienone is 1. The molecule has 0 saturated heterocycles. The van der Waals surface area contributed by atoms with Gasteiger partial charge in [-0.3, -0.25) is 4.98 Å². The van der Waals surface area contributed by atoms with Gasteiger partial charge in [0.05, 0.1) is 17.3 Å². The fourth-order valence-corrected chi connectivity index (χ4v) is 2.77. The van der Waals surface area contributed by atoms with Crippen molar-refractivity contribution in [2.24, 2.45) is 0 Å². The van der Waals surface area contributed by atoms with Crippen LogP contribution in [-0.4, -0.2) is 9.97 Å². The molecule has 2 N–H and O–H groups in total. The van der Waals surface area contributed by atoms with Gasteiger partial charge in [0.1, 0.15) is 5.82 Å². The molecule has 0 radical (unpaired) electrons. The maximum Gasteiger partial charge on any atom is 0.123 e. The van der Waals surface area contributed by atoms with Crippen molar-refractivity contribution in [1.82, 2.24) is 9.97 Å². The highest BCUT2D eigenvalue weighted by Gasteiger charge is 2.16. The third-order valence-electron chi connectivity index (χ3n) is 4.11. The number of fused-ring (bicyclic) bond motifs is 1. The number of aromatic nitrogens is 2. The second-order valence-corrected chi connectivity index (χ2v) is 5.65. The molecule has 1 unspecified atom stereocenters. The summed E-state index contributed by atoms with van der Waals surface area (Å²) in [6.45, 7) is 6.15. The minimum absolute atomic E-state index is 0. The van der Waals surface area contributed by atoms with Crippen LogP contribution in [0.15, 0.2) is 48.7 Å². The van der Waals surface area contributed by atoms with Crippen LogP contribution in [0.25, 0.3) is 10.9 Å². The van der Waals surface area contributed by atoms with Gasteiger partial charge in [-0.1, -0.05) is 12.2 Å². The number of anilines is 1. The number of H-pyrrole nitrogens is 1. The van der Waals surface area contributed by atoms with Crippen molar-refractivity contribution in [1.29, 1.82) is 0 Å². The molecular formula is C19H21ClFN3. The van der Waals surface area contributed by atoms with E-state index in [-0.39, 0.29) is 24.3 Å². The van der Waals surface area contributed by atoms with E-state index in [0.717, 1.165) is 22.6 Å². The Kier molecular flexibility index (Phi) is 5.62. The van der Waals surface area contributed by atoms with Crippen molar-refractivity contribution in [3.63, 3.8) is 0 Å². The normalized spacial score (nSPS) is 12.3. The number of aromatic amines is 1. The molecule has 2 aromatic heterocycles. The zero-order chi connectivity index (χ0) is 16.4. The van der Waals surface area contributed by atoms with E-state index in [4.69, 9.17) is 0 Å². The molecule has 126 valence electrons. The van der Waals surface area contributed by atoms with Gasteiger partial charge in [0.2, 0.25) is 0 Å². The van der Waals surface area contributed by atoms with Gasteiger partial charge in [0.25, 0.3) is 0 Å². The van der Waals surface area contributed by atoms with Gasteiger partial charge in [-0.25, -0.2) is 4.39 Å². The van der Waals surface area contributed by atoms with E-state index in [1.54, 1.807) is 12.1 Å². The van der Waals surface area contributed by atoms with Crippen LogP contribution in [0.3, 0.4) is 0 Å². The lowest BCUT2D eigenvalue weighted by molar-refractivity contribution is 0.628. The van der Waals surface area contributed by atoms with E-state index in [1.165, 1.54) is 23.1 Å². The zero-order valence-electron chi connectivity index (χ0n) is 13.9. The van der Waals surface area contributed by atoms with E-state index in [2.05, 4.69) is 35.2 Å². The highest BCUT2D eigenvalue weighted by atomic mass is 35.5. The molecule has 0 aliphatic rings. The third kappa shape index (κ3) is 3.44. The van der Waals surface area contributed by atoms with Gasteiger partial charge in [-0.2, -0.15) is 0 Å². The minimum atomic E-state index is -0.242. The van der Waals surface area contributed by atoms with Crippen molar-refractivity contribution in [2.45, 2.75) is 26.8 Å². The Morgan fingerprint density at radius 1 is 1.17 bits per heavy atom. The standard InChI is InChI=1S/C19H20FN3.ClH/c1-4-5-17(23-15-8-6-14(20)7-9-15)19-18-16(10-11-21-19)12(2)13(3)22-18;/h4-11,17,22-23H,1-3H3;1H. The monoisotopic (exact) mass is 345 g/mol. The van der Waals surface area contributed by atoms with Crippen molar-refractivity contribution >= 4 is 29.0 Å². The molecule has 0 aliphatic heterocycles. The van der Waals surface area contributed by atoms with Crippen molar-refractivity contribution in [3.05, 3.63) is 71.4 Å². The Morgan fingerprint density at radius 3 is 2.54 bits per heavy atom. The van der Waals surface area contributed by atoms with Gasteiger partial charge in [0.15, 0.2) is 0 Å². The Labute approximate surface area is 147 Å². The average Bonchev–Trinajstić information content (AvgIpc) is 2.84. The summed E-state index contributed by atoms with van der Waals surface area (Å²) >= 11 is 0. The molecule has 3 rings (SSSR count). The number of pyridine rings is 1. The molecule has 0 fully saturated rings. The van der Waals surface area contributed by atoms with Gasteiger partial charge in [-0.05, 0) is 56.7 Å². The number of hydrogen-bond acceptors (Lipinski definition) is 2. The fourth-order valence-electron chi connectivity index (χ4n) is 2.77. The number of nitrogens with one attached hydrogen (secondary N) is 2. The first-order chi connectivity index (χ1) is 11.1. The maximum atomic E-state index is 13.1. The largest absolute Gasteiger partial charge is 0.373 e. The summed E-state index contributed by atoms with van der Waals surface area (Å²) in [7, 11) is 0. The van der Waals surface area contributed by atoms with Crippen LogP contribution < -0.4 is 5.32 Å². The topological polar surface area (TPSA) is 40.7 Å². The SMILES string of the molecule is CC=CC(Nc1ccc(F)cc1)c1nccc2c(C)c(C)[nH]c12.Cl. The average molecular weight is 346 g/mol. The van der Waals surface area contributed by atoms with Crippen molar-refractivity contribution in [3.8, 4) is 0 Å². The van der Waals surface area contributed by atoms with Crippen LogP contribution in [0.1, 0.15) is 29.9 Å². The second-order valence-electron chi connectivity index (χ2n) is 5.65. The first-order valence-corrected chi connectivity index (χ1v) is 7.69. The van der Waals surface area contributed by atoms with Crippen LogP contribution >= 0.6 is 12.4 Å². The summed E-state index contributed by atoms with van der Waals surface area (Å²) in [5.74, 6) is -0.242. The first-order valence-electron chi connectivity index (χ1n) is 7.69. The molecule has 24 heavy (non-hydrogen) atoms. The third-order valence-corrected chi connectivity index (χ3v) is 4.11. The van der Waals surface area contributed by atoms with E-state index < -0.39 is 0 Å². The lowest BCUT2D eigenvalue weighted by Crippen LogP contribution is -2.10. The lowest BCUT2D eigenvalue weighted by Gasteiger charge is -2.17. The van der Waals surface area contributed by atoms with E-state index in [9.17, 15) is 4.39 Å². The van der Waals surface area contributed by atoms with Gasteiger partial charge < -0.3 is 10.3 Å². The number of halogens is 2. The number of benzene rings is 1. The van der Waals surface area contributed by atoms with Crippen LogP contribution in [0, 0.1) is 19.7 Å². The number of rotatable bonds is 4.